The summed E-state index contributed by atoms with van der Waals surface area (Å²) in [6.07, 6.45) is 4.27. The Labute approximate surface area is 170 Å². The van der Waals surface area contributed by atoms with E-state index >= 15 is 0 Å². The van der Waals surface area contributed by atoms with Gasteiger partial charge in [0.05, 0.1) is 0 Å². The Bertz CT molecular complexity index is 1080. The van der Waals surface area contributed by atoms with Crippen molar-refractivity contribution in [1.82, 2.24) is 14.8 Å². The van der Waals surface area contributed by atoms with Gasteiger partial charge in [-0.1, -0.05) is 30.3 Å². The molecule has 1 heterocycles. The number of para-hydroxylation sites is 1. The third-order valence-electron chi connectivity index (χ3n) is 5.90. The molecule has 5 nitrogen and oxygen atoms in total. The molecule has 0 unspecified atom stereocenters. The van der Waals surface area contributed by atoms with Crippen LogP contribution in [0.15, 0.2) is 54.6 Å². The van der Waals surface area contributed by atoms with Gasteiger partial charge in [0.2, 0.25) is 0 Å². The monoisotopic (exact) mass is 387 g/mol. The van der Waals surface area contributed by atoms with Crippen molar-refractivity contribution in [2.45, 2.75) is 44.3 Å². The minimum atomic E-state index is -0.00956. The maximum Gasteiger partial charge on any atom is 0.271 e. The maximum absolute atomic E-state index is 13.4. The summed E-state index contributed by atoms with van der Waals surface area (Å²) in [6.45, 7) is 0.565. The van der Waals surface area contributed by atoms with Crippen molar-refractivity contribution >= 4 is 22.7 Å². The van der Waals surface area contributed by atoms with Crippen LogP contribution in [0, 0.1) is 0 Å². The van der Waals surface area contributed by atoms with Crippen LogP contribution in [0.25, 0.3) is 10.9 Å². The zero-order valence-electron chi connectivity index (χ0n) is 16.6. The third kappa shape index (κ3) is 3.65. The fourth-order valence-electron chi connectivity index (χ4n) is 3.85. The van der Waals surface area contributed by atoms with Crippen LogP contribution in [0.5, 0.6) is 0 Å². The topological polar surface area (TPSA) is 54.3 Å². The molecule has 0 saturated heterocycles. The fraction of sp³-hybridized carbons (Fsp3) is 0.333. The summed E-state index contributed by atoms with van der Waals surface area (Å²) in [6, 6.07) is 18.4. The number of nitrogens with one attached hydrogen (secondary N) is 1. The van der Waals surface area contributed by atoms with Crippen molar-refractivity contribution in [3.8, 4) is 0 Å². The summed E-state index contributed by atoms with van der Waals surface area (Å²) in [5.74, 6) is 0.0615. The summed E-state index contributed by atoms with van der Waals surface area (Å²) < 4.78 is 1.98. The molecule has 2 saturated carbocycles. The Morgan fingerprint density at radius 3 is 2.41 bits per heavy atom. The molecule has 0 atom stereocenters. The number of fused-ring (bicyclic) bond motifs is 1. The second-order valence-electron chi connectivity index (χ2n) is 8.26. The van der Waals surface area contributed by atoms with Crippen molar-refractivity contribution in [2.24, 2.45) is 7.05 Å². The highest BCUT2D eigenvalue weighted by atomic mass is 16.2. The van der Waals surface area contributed by atoms with Crippen LogP contribution in [0.4, 0.5) is 0 Å². The van der Waals surface area contributed by atoms with E-state index in [1.165, 1.54) is 0 Å². The molecule has 2 aliphatic carbocycles. The van der Waals surface area contributed by atoms with Crippen molar-refractivity contribution in [1.29, 1.82) is 0 Å². The zero-order chi connectivity index (χ0) is 20.0. The number of rotatable bonds is 6. The van der Waals surface area contributed by atoms with E-state index in [4.69, 9.17) is 0 Å². The Hall–Kier alpha value is -3.08. The number of aromatic nitrogens is 1. The predicted octanol–water partition coefficient (Wildman–Crippen LogP) is 3.88. The zero-order valence-corrected chi connectivity index (χ0v) is 16.6. The highest BCUT2D eigenvalue weighted by Crippen LogP contribution is 2.31. The molecule has 2 fully saturated rings. The number of carbonyl (C=O) groups is 2. The predicted molar refractivity (Wildman–Crippen MR) is 113 cm³/mol. The number of nitrogens with zero attached hydrogens (tertiary/aromatic N) is 2. The molecule has 0 bridgehead atoms. The van der Waals surface area contributed by atoms with Crippen LogP contribution in [-0.4, -0.2) is 33.4 Å². The van der Waals surface area contributed by atoms with Crippen molar-refractivity contribution in [3.63, 3.8) is 0 Å². The van der Waals surface area contributed by atoms with Crippen molar-refractivity contribution in [3.05, 3.63) is 71.4 Å². The first-order valence-corrected chi connectivity index (χ1v) is 10.4. The highest BCUT2D eigenvalue weighted by molar-refractivity contribution is 5.99. The number of aryl methyl sites for hydroxylation is 1. The molecular formula is C24H25N3O2. The van der Waals surface area contributed by atoms with Gasteiger partial charge in [-0.2, -0.15) is 0 Å². The Balaban J connectivity index is 1.35. The molecule has 5 heteroatoms. The SMILES string of the molecule is Cn1c(C(=O)N(Cc2ccc(C(=O)NC3CC3)cc2)C2CC2)cc2ccccc21. The standard InChI is InChI=1S/C24H25N3O2/c1-26-21-5-3-2-4-18(21)14-22(26)24(29)27(20-12-13-20)15-16-6-8-17(9-7-16)23(28)25-19-10-11-19/h2-9,14,19-20H,10-13,15H2,1H3,(H,25,28). The molecule has 0 spiro atoms. The lowest BCUT2D eigenvalue weighted by Gasteiger charge is -2.23. The van der Waals surface area contributed by atoms with E-state index < -0.39 is 0 Å². The number of amides is 2. The maximum atomic E-state index is 13.4. The molecule has 2 amide bonds. The minimum absolute atomic E-state index is 0.00956. The van der Waals surface area contributed by atoms with E-state index in [0.29, 0.717) is 24.2 Å². The van der Waals surface area contributed by atoms with E-state index in [2.05, 4.69) is 5.32 Å². The summed E-state index contributed by atoms with van der Waals surface area (Å²) >= 11 is 0. The molecule has 1 aromatic heterocycles. The number of benzene rings is 2. The van der Waals surface area contributed by atoms with Gasteiger partial charge in [-0.15, -0.1) is 0 Å². The van der Waals surface area contributed by atoms with Crippen LogP contribution in [0.1, 0.15) is 52.1 Å². The minimum Gasteiger partial charge on any atom is -0.349 e. The van der Waals surface area contributed by atoms with Gasteiger partial charge in [-0.05, 0) is 55.5 Å². The molecule has 1 N–H and O–H groups in total. The molecule has 29 heavy (non-hydrogen) atoms. The van der Waals surface area contributed by atoms with Gasteiger partial charge in [0.15, 0.2) is 0 Å². The van der Waals surface area contributed by atoms with E-state index in [-0.39, 0.29) is 11.8 Å². The summed E-state index contributed by atoms with van der Waals surface area (Å²) in [4.78, 5) is 27.5. The lowest BCUT2D eigenvalue weighted by molar-refractivity contribution is 0.0720. The molecule has 148 valence electrons. The van der Waals surface area contributed by atoms with Crippen molar-refractivity contribution in [2.75, 3.05) is 0 Å². The first kappa shape index (κ1) is 18.0. The van der Waals surface area contributed by atoms with Gasteiger partial charge in [-0.3, -0.25) is 9.59 Å². The average Bonchev–Trinajstić information content (AvgIpc) is 3.66. The Morgan fingerprint density at radius 1 is 1.03 bits per heavy atom. The lowest BCUT2D eigenvalue weighted by atomic mass is 10.1. The van der Waals surface area contributed by atoms with E-state index in [1.54, 1.807) is 0 Å². The van der Waals surface area contributed by atoms with Gasteiger partial charge >= 0.3 is 0 Å². The van der Waals surface area contributed by atoms with Gasteiger partial charge in [-0.25, -0.2) is 0 Å². The molecule has 2 aromatic carbocycles. The third-order valence-corrected chi connectivity index (χ3v) is 5.90. The van der Waals surface area contributed by atoms with Crippen molar-refractivity contribution < 1.29 is 9.59 Å². The van der Waals surface area contributed by atoms with Crippen LogP contribution in [0.2, 0.25) is 0 Å². The smallest absolute Gasteiger partial charge is 0.271 e. The molecule has 0 aliphatic heterocycles. The number of hydrogen-bond acceptors (Lipinski definition) is 2. The quantitative estimate of drug-likeness (QED) is 0.698. The largest absolute Gasteiger partial charge is 0.349 e. The number of carbonyl (C=O) groups excluding carboxylic acids is 2. The van der Waals surface area contributed by atoms with Gasteiger partial charge < -0.3 is 14.8 Å². The molecule has 5 rings (SSSR count). The molecular weight excluding hydrogens is 362 g/mol. The molecule has 2 aliphatic rings. The van der Waals surface area contributed by atoms with E-state index in [9.17, 15) is 9.59 Å². The number of hydrogen-bond donors (Lipinski definition) is 1. The van der Waals surface area contributed by atoms with Gasteiger partial charge in [0, 0.05) is 42.1 Å². The average molecular weight is 387 g/mol. The van der Waals surface area contributed by atoms with Crippen LogP contribution in [0.3, 0.4) is 0 Å². The van der Waals surface area contributed by atoms with Crippen LogP contribution >= 0.6 is 0 Å². The summed E-state index contributed by atoms with van der Waals surface area (Å²) in [5, 5.41) is 4.09. The van der Waals surface area contributed by atoms with Crippen LogP contribution < -0.4 is 5.32 Å². The van der Waals surface area contributed by atoms with Gasteiger partial charge in [0.1, 0.15) is 5.69 Å². The second kappa shape index (κ2) is 7.07. The summed E-state index contributed by atoms with van der Waals surface area (Å²) in [7, 11) is 1.95. The Kier molecular flexibility index (Phi) is 4.38. The molecule has 3 aromatic rings. The van der Waals surface area contributed by atoms with E-state index in [0.717, 1.165) is 47.8 Å². The normalized spacial score (nSPS) is 16.0. The summed E-state index contributed by atoms with van der Waals surface area (Å²) in [5.41, 5.74) is 3.52. The van der Waals surface area contributed by atoms with Gasteiger partial charge in [0.25, 0.3) is 11.8 Å². The highest BCUT2D eigenvalue weighted by Gasteiger charge is 2.34. The van der Waals surface area contributed by atoms with E-state index in [1.807, 2.05) is 71.1 Å². The Morgan fingerprint density at radius 2 is 1.76 bits per heavy atom. The second-order valence-corrected chi connectivity index (χ2v) is 8.26. The lowest BCUT2D eigenvalue weighted by Crippen LogP contribution is -2.33. The van der Waals surface area contributed by atoms with Crippen LogP contribution in [-0.2, 0) is 13.6 Å². The first-order chi connectivity index (χ1) is 14.1. The fourth-order valence-corrected chi connectivity index (χ4v) is 3.85. The molecule has 0 radical (unpaired) electrons. The first-order valence-electron chi connectivity index (χ1n) is 10.4.